The molecular weight excluding hydrogens is 264 g/mol. The molecule has 2 rings (SSSR count). The van der Waals surface area contributed by atoms with Gasteiger partial charge in [0, 0.05) is 6.07 Å². The summed E-state index contributed by atoms with van der Waals surface area (Å²) in [4.78, 5) is 0. The number of ether oxygens (including phenoxy) is 2. The van der Waals surface area contributed by atoms with E-state index in [4.69, 9.17) is 14.7 Å². The Kier molecular flexibility index (Phi) is 4.51. The number of nitrogens with zero attached hydrogens (tertiary/aromatic N) is 1. The maximum atomic E-state index is 12.9. The molecule has 2 aromatic rings. The standard InChI is InChI=1S/C15H11F2NO2/c16-14-6-5-13(9-15(14)17)20-8-7-19-12-3-1-11(10-18)2-4-12/h1-6,9H,7-8H2. The van der Waals surface area contributed by atoms with Crippen LogP contribution < -0.4 is 9.47 Å². The molecule has 0 aliphatic heterocycles. The van der Waals surface area contributed by atoms with Crippen LogP contribution in [0.1, 0.15) is 5.56 Å². The molecule has 2 aromatic carbocycles. The van der Waals surface area contributed by atoms with Gasteiger partial charge in [-0.15, -0.1) is 0 Å². The Morgan fingerprint density at radius 2 is 1.45 bits per heavy atom. The first-order valence-electron chi connectivity index (χ1n) is 5.90. The highest BCUT2D eigenvalue weighted by Crippen LogP contribution is 2.15. The van der Waals surface area contributed by atoms with Crippen molar-refractivity contribution in [2.45, 2.75) is 0 Å². The largest absolute Gasteiger partial charge is 0.490 e. The predicted molar refractivity (Wildman–Crippen MR) is 68.5 cm³/mol. The Morgan fingerprint density at radius 1 is 0.850 bits per heavy atom. The molecule has 0 N–H and O–H groups in total. The molecule has 0 saturated heterocycles. The fourth-order valence-corrected chi connectivity index (χ4v) is 1.51. The number of hydrogen-bond donors (Lipinski definition) is 0. The minimum Gasteiger partial charge on any atom is -0.490 e. The molecule has 0 aromatic heterocycles. The molecule has 0 saturated carbocycles. The third kappa shape index (κ3) is 3.69. The lowest BCUT2D eigenvalue weighted by atomic mass is 10.2. The zero-order valence-corrected chi connectivity index (χ0v) is 10.5. The van der Waals surface area contributed by atoms with Crippen molar-refractivity contribution in [3.05, 3.63) is 59.7 Å². The van der Waals surface area contributed by atoms with Crippen LogP contribution in [0.15, 0.2) is 42.5 Å². The molecule has 102 valence electrons. The van der Waals surface area contributed by atoms with E-state index in [1.54, 1.807) is 24.3 Å². The van der Waals surface area contributed by atoms with Gasteiger partial charge in [-0.2, -0.15) is 5.26 Å². The van der Waals surface area contributed by atoms with Crippen LogP contribution in [-0.2, 0) is 0 Å². The van der Waals surface area contributed by atoms with Crippen molar-refractivity contribution in [1.82, 2.24) is 0 Å². The highest BCUT2D eigenvalue weighted by Gasteiger charge is 2.03. The van der Waals surface area contributed by atoms with E-state index in [9.17, 15) is 8.78 Å². The molecule has 20 heavy (non-hydrogen) atoms. The van der Waals surface area contributed by atoms with Gasteiger partial charge < -0.3 is 9.47 Å². The lowest BCUT2D eigenvalue weighted by molar-refractivity contribution is 0.216. The van der Waals surface area contributed by atoms with E-state index in [1.807, 2.05) is 6.07 Å². The third-order valence-electron chi connectivity index (χ3n) is 2.50. The average molecular weight is 275 g/mol. The summed E-state index contributed by atoms with van der Waals surface area (Å²) in [5.74, 6) is -1.01. The van der Waals surface area contributed by atoms with Crippen LogP contribution in [0.25, 0.3) is 0 Å². The Labute approximate surface area is 115 Å². The molecule has 0 amide bonds. The predicted octanol–water partition coefficient (Wildman–Crippen LogP) is 3.29. The molecule has 0 heterocycles. The van der Waals surface area contributed by atoms with E-state index in [2.05, 4.69) is 0 Å². The van der Waals surface area contributed by atoms with Crippen LogP contribution in [0.4, 0.5) is 8.78 Å². The lowest BCUT2D eigenvalue weighted by Gasteiger charge is -2.08. The summed E-state index contributed by atoms with van der Waals surface area (Å²) in [6, 6.07) is 12.0. The zero-order chi connectivity index (χ0) is 14.4. The maximum absolute atomic E-state index is 12.9. The second-order valence-corrected chi connectivity index (χ2v) is 3.91. The van der Waals surface area contributed by atoms with Crippen LogP contribution in [0.2, 0.25) is 0 Å². The average Bonchev–Trinajstić information content (AvgIpc) is 2.48. The van der Waals surface area contributed by atoms with Gasteiger partial charge in [0.05, 0.1) is 11.6 Å². The van der Waals surface area contributed by atoms with Gasteiger partial charge in [-0.1, -0.05) is 0 Å². The Morgan fingerprint density at radius 3 is 2.05 bits per heavy atom. The highest BCUT2D eigenvalue weighted by atomic mass is 19.2. The van der Waals surface area contributed by atoms with Gasteiger partial charge in [-0.05, 0) is 36.4 Å². The van der Waals surface area contributed by atoms with Gasteiger partial charge in [0.15, 0.2) is 11.6 Å². The summed E-state index contributed by atoms with van der Waals surface area (Å²) in [7, 11) is 0. The van der Waals surface area contributed by atoms with Gasteiger partial charge in [-0.25, -0.2) is 8.78 Å². The van der Waals surface area contributed by atoms with Crippen molar-refractivity contribution >= 4 is 0 Å². The van der Waals surface area contributed by atoms with E-state index >= 15 is 0 Å². The molecule has 5 heteroatoms. The van der Waals surface area contributed by atoms with Gasteiger partial charge in [0.25, 0.3) is 0 Å². The smallest absolute Gasteiger partial charge is 0.162 e. The molecule has 0 atom stereocenters. The number of rotatable bonds is 5. The molecule has 3 nitrogen and oxygen atoms in total. The second kappa shape index (κ2) is 6.53. The van der Waals surface area contributed by atoms with E-state index in [1.165, 1.54) is 6.07 Å². The van der Waals surface area contributed by atoms with Crippen LogP contribution in [-0.4, -0.2) is 13.2 Å². The Bertz CT molecular complexity index is 621. The van der Waals surface area contributed by atoms with Crippen LogP contribution in [0.5, 0.6) is 11.5 Å². The first kappa shape index (κ1) is 13.8. The van der Waals surface area contributed by atoms with E-state index < -0.39 is 11.6 Å². The molecule has 0 aliphatic carbocycles. The highest BCUT2D eigenvalue weighted by molar-refractivity contribution is 5.34. The quantitative estimate of drug-likeness (QED) is 0.786. The van der Waals surface area contributed by atoms with Crippen LogP contribution in [0.3, 0.4) is 0 Å². The van der Waals surface area contributed by atoms with Gasteiger partial charge >= 0.3 is 0 Å². The monoisotopic (exact) mass is 275 g/mol. The van der Waals surface area contributed by atoms with Crippen molar-refractivity contribution in [3.63, 3.8) is 0 Å². The van der Waals surface area contributed by atoms with Crippen molar-refractivity contribution in [2.24, 2.45) is 0 Å². The molecule has 0 spiro atoms. The Hall–Kier alpha value is -2.61. The number of nitriles is 1. The molecule has 0 radical (unpaired) electrons. The van der Waals surface area contributed by atoms with Crippen molar-refractivity contribution < 1.29 is 18.3 Å². The zero-order valence-electron chi connectivity index (χ0n) is 10.5. The van der Waals surface area contributed by atoms with Crippen LogP contribution >= 0.6 is 0 Å². The first-order chi connectivity index (χ1) is 9.69. The molecule has 0 bridgehead atoms. The van der Waals surface area contributed by atoms with Crippen LogP contribution in [0, 0.1) is 23.0 Å². The summed E-state index contributed by atoms with van der Waals surface area (Å²) in [6.45, 7) is 0.454. The van der Waals surface area contributed by atoms with Gasteiger partial charge in [0.2, 0.25) is 0 Å². The molecule has 0 unspecified atom stereocenters. The minimum atomic E-state index is -0.949. The fourth-order valence-electron chi connectivity index (χ4n) is 1.51. The molecule has 0 fully saturated rings. The van der Waals surface area contributed by atoms with Crippen molar-refractivity contribution in [1.29, 1.82) is 5.26 Å². The molecule has 0 aliphatic rings. The maximum Gasteiger partial charge on any atom is 0.162 e. The van der Waals surface area contributed by atoms with Gasteiger partial charge in [0.1, 0.15) is 24.7 Å². The SMILES string of the molecule is N#Cc1ccc(OCCOc2ccc(F)c(F)c2)cc1. The van der Waals surface area contributed by atoms with Crippen molar-refractivity contribution in [3.8, 4) is 17.6 Å². The minimum absolute atomic E-state index is 0.199. The number of hydrogen-bond acceptors (Lipinski definition) is 3. The fraction of sp³-hybridized carbons (Fsp3) is 0.133. The normalized spacial score (nSPS) is 9.85. The summed E-state index contributed by atoms with van der Waals surface area (Å²) in [6.07, 6.45) is 0. The Balaban J connectivity index is 1.78. The van der Waals surface area contributed by atoms with E-state index in [-0.39, 0.29) is 19.0 Å². The second-order valence-electron chi connectivity index (χ2n) is 3.91. The number of benzene rings is 2. The van der Waals surface area contributed by atoms with E-state index in [0.29, 0.717) is 11.3 Å². The topological polar surface area (TPSA) is 42.2 Å². The first-order valence-corrected chi connectivity index (χ1v) is 5.90. The summed E-state index contributed by atoms with van der Waals surface area (Å²) in [5, 5.41) is 8.64. The summed E-state index contributed by atoms with van der Waals surface area (Å²) >= 11 is 0. The summed E-state index contributed by atoms with van der Waals surface area (Å²) in [5.41, 5.74) is 0.551. The summed E-state index contributed by atoms with van der Waals surface area (Å²) < 4.78 is 36.2. The number of halogens is 2. The molecular formula is C15H11F2NO2. The third-order valence-corrected chi connectivity index (χ3v) is 2.50. The van der Waals surface area contributed by atoms with E-state index in [0.717, 1.165) is 12.1 Å². The lowest BCUT2D eigenvalue weighted by Crippen LogP contribution is -2.09. The van der Waals surface area contributed by atoms with Gasteiger partial charge in [-0.3, -0.25) is 0 Å². The van der Waals surface area contributed by atoms with Crippen molar-refractivity contribution in [2.75, 3.05) is 13.2 Å².